The van der Waals surface area contributed by atoms with Gasteiger partial charge in [-0.1, -0.05) is 36.4 Å². The number of benzene rings is 2. The predicted octanol–water partition coefficient (Wildman–Crippen LogP) is 5.31. The summed E-state index contributed by atoms with van der Waals surface area (Å²) in [4.78, 5) is 21.8. The lowest BCUT2D eigenvalue weighted by atomic mass is 10.0. The number of carbonyl (C=O) groups excluding carboxylic acids is 1. The zero-order valence-corrected chi connectivity index (χ0v) is 20.3. The lowest BCUT2D eigenvalue weighted by molar-refractivity contribution is -0.137. The highest BCUT2D eigenvalue weighted by molar-refractivity contribution is 5.96. The van der Waals surface area contributed by atoms with Gasteiger partial charge in [-0.25, -0.2) is 4.98 Å². The molecule has 0 saturated carbocycles. The molecule has 1 fully saturated rings. The molecule has 190 valence electrons. The van der Waals surface area contributed by atoms with E-state index in [9.17, 15) is 18.0 Å². The summed E-state index contributed by atoms with van der Waals surface area (Å²) in [7, 11) is 1.56. The first-order valence-electron chi connectivity index (χ1n) is 11.8. The number of aryl methyl sites for hydroxylation is 1. The number of halogens is 3. The maximum Gasteiger partial charge on any atom is 0.417 e. The van der Waals surface area contributed by atoms with E-state index in [0.717, 1.165) is 29.8 Å². The molecule has 1 atom stereocenters. The minimum absolute atomic E-state index is 0.175. The standard InChI is InChI=1S/C27H29F3N4O2/c1-19-9-11-23(36-2)22(17-19)32-26(35)25(20-7-4-3-5-8-20)34-14-6-13-33(15-16-34)24-12-10-21(18-31-24)27(28,29)30/h3-5,7-12,17-18,25H,6,13-16H2,1-2H3,(H,32,35). The molecule has 1 aliphatic rings. The molecule has 0 spiro atoms. The Morgan fingerprint density at radius 1 is 1.03 bits per heavy atom. The Balaban J connectivity index is 1.54. The monoisotopic (exact) mass is 498 g/mol. The van der Waals surface area contributed by atoms with Crippen LogP contribution in [0.5, 0.6) is 5.75 Å². The summed E-state index contributed by atoms with van der Waals surface area (Å²) in [5.41, 5.74) is 1.70. The van der Waals surface area contributed by atoms with E-state index in [1.165, 1.54) is 6.07 Å². The van der Waals surface area contributed by atoms with Crippen LogP contribution in [-0.2, 0) is 11.0 Å². The number of hydrogen-bond donors (Lipinski definition) is 1. The van der Waals surface area contributed by atoms with Crippen molar-refractivity contribution in [1.82, 2.24) is 9.88 Å². The lowest BCUT2D eigenvalue weighted by Gasteiger charge is -2.30. The van der Waals surface area contributed by atoms with Crippen LogP contribution < -0.4 is 15.0 Å². The SMILES string of the molecule is COc1ccc(C)cc1NC(=O)C(c1ccccc1)N1CCCN(c2ccc(C(F)(F)F)cn2)CC1. The van der Waals surface area contributed by atoms with Gasteiger partial charge in [-0.15, -0.1) is 0 Å². The van der Waals surface area contributed by atoms with Gasteiger partial charge in [-0.2, -0.15) is 13.2 Å². The molecule has 1 amide bonds. The molecular weight excluding hydrogens is 469 g/mol. The van der Waals surface area contributed by atoms with Crippen molar-refractivity contribution in [3.05, 3.63) is 83.6 Å². The molecule has 0 bridgehead atoms. The van der Waals surface area contributed by atoms with E-state index in [1.54, 1.807) is 7.11 Å². The maximum atomic E-state index is 13.6. The second-order valence-corrected chi connectivity index (χ2v) is 8.79. The molecular formula is C27H29F3N4O2. The van der Waals surface area contributed by atoms with Gasteiger partial charge < -0.3 is 15.0 Å². The van der Waals surface area contributed by atoms with Crippen molar-refractivity contribution in [2.24, 2.45) is 0 Å². The van der Waals surface area contributed by atoms with Gasteiger partial charge in [0.1, 0.15) is 17.6 Å². The molecule has 4 rings (SSSR count). The van der Waals surface area contributed by atoms with Crippen LogP contribution in [0.3, 0.4) is 0 Å². The van der Waals surface area contributed by atoms with Crippen molar-refractivity contribution in [1.29, 1.82) is 0 Å². The van der Waals surface area contributed by atoms with Gasteiger partial charge in [0.25, 0.3) is 0 Å². The first-order chi connectivity index (χ1) is 17.3. The van der Waals surface area contributed by atoms with Gasteiger partial charge in [-0.05, 0) is 48.7 Å². The van der Waals surface area contributed by atoms with Crippen LogP contribution in [0.4, 0.5) is 24.7 Å². The molecule has 1 aromatic heterocycles. The molecule has 1 unspecified atom stereocenters. The van der Waals surface area contributed by atoms with Gasteiger partial charge in [0.2, 0.25) is 5.91 Å². The second kappa shape index (κ2) is 11.0. The average Bonchev–Trinajstić information content (AvgIpc) is 3.11. The summed E-state index contributed by atoms with van der Waals surface area (Å²) in [6.45, 7) is 4.30. The highest BCUT2D eigenvalue weighted by Gasteiger charge is 2.32. The largest absolute Gasteiger partial charge is 0.495 e. The Morgan fingerprint density at radius 3 is 2.47 bits per heavy atom. The zero-order valence-electron chi connectivity index (χ0n) is 20.3. The summed E-state index contributed by atoms with van der Waals surface area (Å²) in [6, 6.07) is 17.1. The van der Waals surface area contributed by atoms with Crippen LogP contribution in [0.15, 0.2) is 66.9 Å². The lowest BCUT2D eigenvalue weighted by Crippen LogP contribution is -2.39. The van der Waals surface area contributed by atoms with Crippen LogP contribution in [0, 0.1) is 6.92 Å². The molecule has 1 N–H and O–H groups in total. The number of hydrogen-bond acceptors (Lipinski definition) is 5. The van der Waals surface area contributed by atoms with Crippen molar-refractivity contribution in [2.75, 3.05) is 43.5 Å². The predicted molar refractivity (Wildman–Crippen MR) is 133 cm³/mol. The first-order valence-corrected chi connectivity index (χ1v) is 11.8. The summed E-state index contributed by atoms with van der Waals surface area (Å²) >= 11 is 0. The fourth-order valence-electron chi connectivity index (χ4n) is 4.45. The van der Waals surface area contributed by atoms with Crippen molar-refractivity contribution < 1.29 is 22.7 Å². The number of pyridine rings is 1. The van der Waals surface area contributed by atoms with Gasteiger partial charge in [0.05, 0.1) is 18.4 Å². The first kappa shape index (κ1) is 25.5. The Morgan fingerprint density at radius 2 is 1.81 bits per heavy atom. The molecule has 0 aliphatic carbocycles. The van der Waals surface area contributed by atoms with E-state index in [-0.39, 0.29) is 5.91 Å². The molecule has 3 aromatic rings. The van der Waals surface area contributed by atoms with Gasteiger partial charge in [-0.3, -0.25) is 9.69 Å². The number of alkyl halides is 3. The minimum atomic E-state index is -4.42. The molecule has 36 heavy (non-hydrogen) atoms. The van der Waals surface area contributed by atoms with Crippen LogP contribution in [0.1, 0.15) is 29.2 Å². The third kappa shape index (κ3) is 5.96. The Kier molecular flexibility index (Phi) is 7.79. The van der Waals surface area contributed by atoms with E-state index in [4.69, 9.17) is 4.74 Å². The van der Waals surface area contributed by atoms with Crippen LogP contribution in [0.2, 0.25) is 0 Å². The third-order valence-electron chi connectivity index (χ3n) is 6.27. The molecule has 9 heteroatoms. The van der Waals surface area contributed by atoms with Crippen molar-refractivity contribution in [3.8, 4) is 5.75 Å². The second-order valence-electron chi connectivity index (χ2n) is 8.79. The number of nitrogens with one attached hydrogen (secondary N) is 1. The minimum Gasteiger partial charge on any atom is -0.495 e. The smallest absolute Gasteiger partial charge is 0.417 e. The highest BCUT2D eigenvalue weighted by atomic mass is 19.4. The van der Waals surface area contributed by atoms with Crippen LogP contribution in [-0.4, -0.2) is 49.1 Å². The summed E-state index contributed by atoms with van der Waals surface area (Å²) in [5, 5.41) is 3.04. The van der Waals surface area contributed by atoms with E-state index in [0.29, 0.717) is 43.4 Å². The zero-order chi connectivity index (χ0) is 25.7. The van der Waals surface area contributed by atoms with E-state index in [2.05, 4.69) is 15.2 Å². The molecule has 2 heterocycles. The molecule has 0 radical (unpaired) electrons. The molecule has 1 aliphatic heterocycles. The van der Waals surface area contributed by atoms with Crippen LogP contribution in [0.25, 0.3) is 0 Å². The third-order valence-corrected chi connectivity index (χ3v) is 6.27. The quantitative estimate of drug-likeness (QED) is 0.499. The van der Waals surface area contributed by atoms with Crippen LogP contribution >= 0.6 is 0 Å². The van der Waals surface area contributed by atoms with Gasteiger partial charge in [0.15, 0.2) is 0 Å². The summed E-state index contributed by atoms with van der Waals surface area (Å²) in [6.07, 6.45) is -2.82. The summed E-state index contributed by atoms with van der Waals surface area (Å²) in [5.74, 6) is 0.900. The molecule has 1 saturated heterocycles. The Hall–Kier alpha value is -3.59. The number of nitrogens with zero attached hydrogens (tertiary/aromatic N) is 3. The maximum absolute atomic E-state index is 13.6. The Bertz CT molecular complexity index is 1170. The number of methoxy groups -OCH3 is 1. The highest BCUT2D eigenvalue weighted by Crippen LogP contribution is 2.31. The summed E-state index contributed by atoms with van der Waals surface area (Å²) < 4.78 is 44.2. The van der Waals surface area contributed by atoms with Crippen molar-refractivity contribution in [3.63, 3.8) is 0 Å². The number of carbonyl (C=O) groups is 1. The van der Waals surface area contributed by atoms with Crippen molar-refractivity contribution >= 4 is 17.4 Å². The molecule has 2 aromatic carbocycles. The number of anilines is 2. The van der Waals surface area contributed by atoms with E-state index >= 15 is 0 Å². The number of ether oxygens (including phenoxy) is 1. The van der Waals surface area contributed by atoms with Gasteiger partial charge in [0, 0.05) is 32.4 Å². The van der Waals surface area contributed by atoms with E-state index < -0.39 is 17.8 Å². The number of rotatable bonds is 6. The van der Waals surface area contributed by atoms with Crippen molar-refractivity contribution in [2.45, 2.75) is 25.6 Å². The number of amides is 1. The topological polar surface area (TPSA) is 57.7 Å². The number of aromatic nitrogens is 1. The fourth-order valence-corrected chi connectivity index (χ4v) is 4.45. The molecule has 6 nitrogen and oxygen atoms in total. The van der Waals surface area contributed by atoms with E-state index in [1.807, 2.05) is 60.4 Å². The average molecular weight is 499 g/mol. The normalized spacial score (nSPS) is 15.8. The van der Waals surface area contributed by atoms with Gasteiger partial charge >= 0.3 is 6.18 Å². The fraction of sp³-hybridized carbons (Fsp3) is 0.333. The Labute approximate surface area is 208 Å².